The van der Waals surface area contributed by atoms with Crippen LogP contribution in [0.1, 0.15) is 33.1 Å². The van der Waals surface area contributed by atoms with E-state index in [-0.39, 0.29) is 11.8 Å². The van der Waals surface area contributed by atoms with Crippen LogP contribution in [-0.4, -0.2) is 31.6 Å². The summed E-state index contributed by atoms with van der Waals surface area (Å²) in [6.07, 6.45) is 3.07. The van der Waals surface area contributed by atoms with Gasteiger partial charge in [0.2, 0.25) is 10.0 Å². The van der Waals surface area contributed by atoms with Gasteiger partial charge in [-0.05, 0) is 32.1 Å². The highest BCUT2D eigenvalue weighted by Crippen LogP contribution is 2.35. The highest BCUT2D eigenvalue weighted by molar-refractivity contribution is 7.89. The van der Waals surface area contributed by atoms with Gasteiger partial charge in [0.25, 0.3) is 0 Å². The first-order valence-corrected chi connectivity index (χ1v) is 6.55. The van der Waals surface area contributed by atoms with Crippen molar-refractivity contribution < 1.29 is 8.42 Å². The molecule has 1 rings (SSSR count). The molecule has 78 valence electrons. The number of hydrogen-bond donors (Lipinski definition) is 0. The molecular formula is C9H19NO2S. The van der Waals surface area contributed by atoms with Crippen molar-refractivity contribution in [2.45, 2.75) is 39.2 Å². The van der Waals surface area contributed by atoms with Crippen molar-refractivity contribution in [1.29, 1.82) is 0 Å². The molecule has 0 aromatic heterocycles. The van der Waals surface area contributed by atoms with Gasteiger partial charge in [0, 0.05) is 13.1 Å². The topological polar surface area (TPSA) is 37.4 Å². The third-order valence-corrected chi connectivity index (χ3v) is 4.91. The third-order valence-electron chi connectivity index (χ3n) is 2.78. The van der Waals surface area contributed by atoms with Gasteiger partial charge >= 0.3 is 0 Å². The Balaban J connectivity index is 2.58. The average molecular weight is 205 g/mol. The van der Waals surface area contributed by atoms with Gasteiger partial charge in [0.1, 0.15) is 0 Å². The standard InChI is InChI=1S/C9H19NO2S/c1-4-7-13(11,12)10(3)8(2)9-5-6-9/h8-9H,4-7H2,1-3H3. The molecule has 3 nitrogen and oxygen atoms in total. The highest BCUT2D eigenvalue weighted by Gasteiger charge is 2.34. The van der Waals surface area contributed by atoms with E-state index in [2.05, 4.69) is 0 Å². The first-order chi connectivity index (χ1) is 5.99. The molecule has 0 amide bonds. The molecule has 0 bridgehead atoms. The summed E-state index contributed by atoms with van der Waals surface area (Å²) in [5.41, 5.74) is 0. The smallest absolute Gasteiger partial charge is 0.212 e. The second-order valence-electron chi connectivity index (χ2n) is 3.91. The summed E-state index contributed by atoms with van der Waals surface area (Å²) in [5.74, 6) is 0.886. The normalized spacial score (nSPS) is 20.6. The second kappa shape index (κ2) is 3.96. The minimum absolute atomic E-state index is 0.191. The molecule has 0 saturated heterocycles. The van der Waals surface area contributed by atoms with Crippen LogP contribution < -0.4 is 0 Å². The molecular weight excluding hydrogens is 186 g/mol. The Bertz CT molecular complexity index is 257. The largest absolute Gasteiger partial charge is 0.214 e. The van der Waals surface area contributed by atoms with Gasteiger partial charge in [-0.3, -0.25) is 0 Å². The molecule has 1 unspecified atom stereocenters. The molecule has 1 saturated carbocycles. The lowest BCUT2D eigenvalue weighted by atomic mass is 10.2. The maximum atomic E-state index is 11.6. The van der Waals surface area contributed by atoms with E-state index in [0.29, 0.717) is 12.3 Å². The van der Waals surface area contributed by atoms with Crippen molar-refractivity contribution in [3.05, 3.63) is 0 Å². The SMILES string of the molecule is CCCS(=O)(=O)N(C)C(C)C1CC1. The Morgan fingerprint density at radius 3 is 2.38 bits per heavy atom. The van der Waals surface area contributed by atoms with Crippen molar-refractivity contribution in [1.82, 2.24) is 4.31 Å². The number of hydrogen-bond acceptors (Lipinski definition) is 2. The first kappa shape index (κ1) is 11.0. The van der Waals surface area contributed by atoms with Crippen molar-refractivity contribution in [3.8, 4) is 0 Å². The predicted molar refractivity (Wildman–Crippen MR) is 54.0 cm³/mol. The molecule has 0 heterocycles. The van der Waals surface area contributed by atoms with Gasteiger partial charge in [0.05, 0.1) is 5.75 Å². The predicted octanol–water partition coefficient (Wildman–Crippen LogP) is 1.46. The van der Waals surface area contributed by atoms with Crippen molar-refractivity contribution in [2.75, 3.05) is 12.8 Å². The van der Waals surface area contributed by atoms with Gasteiger partial charge in [-0.15, -0.1) is 0 Å². The van der Waals surface area contributed by atoms with Crippen LogP contribution in [-0.2, 0) is 10.0 Å². The Morgan fingerprint density at radius 1 is 1.46 bits per heavy atom. The molecule has 0 N–H and O–H groups in total. The highest BCUT2D eigenvalue weighted by atomic mass is 32.2. The second-order valence-corrected chi connectivity index (χ2v) is 6.06. The summed E-state index contributed by atoms with van der Waals surface area (Å²) >= 11 is 0. The molecule has 1 aliphatic rings. The van der Waals surface area contributed by atoms with Gasteiger partial charge < -0.3 is 0 Å². The summed E-state index contributed by atoms with van der Waals surface area (Å²) in [6, 6.07) is 0.191. The zero-order valence-corrected chi connectivity index (χ0v) is 9.47. The summed E-state index contributed by atoms with van der Waals surface area (Å²) in [7, 11) is -1.28. The van der Waals surface area contributed by atoms with E-state index in [1.165, 1.54) is 12.8 Å². The Morgan fingerprint density at radius 2 is 2.00 bits per heavy atom. The Hall–Kier alpha value is -0.0900. The maximum absolute atomic E-state index is 11.6. The van der Waals surface area contributed by atoms with Crippen LogP contribution >= 0.6 is 0 Å². The molecule has 1 fully saturated rings. The molecule has 0 aliphatic heterocycles. The zero-order chi connectivity index (χ0) is 10.1. The van der Waals surface area contributed by atoms with Crippen LogP contribution in [0, 0.1) is 5.92 Å². The zero-order valence-electron chi connectivity index (χ0n) is 8.66. The van der Waals surface area contributed by atoms with Crippen LogP contribution in [0.2, 0.25) is 0 Å². The fourth-order valence-electron chi connectivity index (χ4n) is 1.53. The molecule has 4 heteroatoms. The molecule has 0 spiro atoms. The van der Waals surface area contributed by atoms with Crippen molar-refractivity contribution >= 4 is 10.0 Å². The lowest BCUT2D eigenvalue weighted by molar-refractivity contribution is 0.357. The molecule has 1 aliphatic carbocycles. The Labute approximate surface area is 81.2 Å². The van der Waals surface area contributed by atoms with E-state index in [1.54, 1.807) is 11.4 Å². The monoisotopic (exact) mass is 205 g/mol. The first-order valence-electron chi connectivity index (χ1n) is 4.94. The fraction of sp³-hybridized carbons (Fsp3) is 1.00. The van der Waals surface area contributed by atoms with Gasteiger partial charge in [-0.25, -0.2) is 12.7 Å². The lowest BCUT2D eigenvalue weighted by Crippen LogP contribution is -2.37. The van der Waals surface area contributed by atoms with E-state index >= 15 is 0 Å². The molecule has 0 aromatic carbocycles. The van der Waals surface area contributed by atoms with E-state index in [4.69, 9.17) is 0 Å². The summed E-state index contributed by atoms with van der Waals surface area (Å²) in [6.45, 7) is 3.90. The van der Waals surface area contributed by atoms with Gasteiger partial charge in [0.15, 0.2) is 0 Å². The van der Waals surface area contributed by atoms with Crippen molar-refractivity contribution in [2.24, 2.45) is 5.92 Å². The molecule has 0 radical (unpaired) electrons. The lowest BCUT2D eigenvalue weighted by Gasteiger charge is -2.23. The van der Waals surface area contributed by atoms with E-state index < -0.39 is 10.0 Å². The summed E-state index contributed by atoms with van der Waals surface area (Å²) in [5, 5.41) is 0. The van der Waals surface area contributed by atoms with Crippen LogP contribution in [0.4, 0.5) is 0 Å². The average Bonchev–Trinajstić information content (AvgIpc) is 2.84. The van der Waals surface area contributed by atoms with Crippen LogP contribution in [0.15, 0.2) is 0 Å². The van der Waals surface area contributed by atoms with Crippen molar-refractivity contribution in [3.63, 3.8) is 0 Å². The molecule has 1 atom stereocenters. The minimum Gasteiger partial charge on any atom is -0.212 e. The van der Waals surface area contributed by atoms with E-state index in [1.807, 2.05) is 13.8 Å². The third kappa shape index (κ3) is 2.68. The number of rotatable bonds is 5. The van der Waals surface area contributed by atoms with E-state index in [0.717, 1.165) is 0 Å². The molecule has 0 aromatic rings. The fourth-order valence-corrected chi connectivity index (χ4v) is 3.01. The maximum Gasteiger partial charge on any atom is 0.214 e. The van der Waals surface area contributed by atoms with Crippen LogP contribution in [0.25, 0.3) is 0 Å². The quantitative estimate of drug-likeness (QED) is 0.681. The van der Waals surface area contributed by atoms with Crippen LogP contribution in [0.5, 0.6) is 0 Å². The van der Waals surface area contributed by atoms with E-state index in [9.17, 15) is 8.42 Å². The van der Waals surface area contributed by atoms with Crippen LogP contribution in [0.3, 0.4) is 0 Å². The summed E-state index contributed by atoms with van der Waals surface area (Å²) in [4.78, 5) is 0. The number of nitrogens with zero attached hydrogens (tertiary/aromatic N) is 1. The Kier molecular flexibility index (Phi) is 3.35. The number of sulfonamides is 1. The van der Waals surface area contributed by atoms with Gasteiger partial charge in [-0.2, -0.15) is 0 Å². The minimum atomic E-state index is -2.98. The van der Waals surface area contributed by atoms with Gasteiger partial charge in [-0.1, -0.05) is 6.92 Å². The summed E-state index contributed by atoms with van der Waals surface area (Å²) < 4.78 is 24.8. The molecule has 13 heavy (non-hydrogen) atoms.